The van der Waals surface area contributed by atoms with Crippen LogP contribution < -0.4 is 15.6 Å². The van der Waals surface area contributed by atoms with Crippen LogP contribution in [0.5, 0.6) is 5.75 Å². The first-order valence-electron chi connectivity index (χ1n) is 9.67. The molecule has 2 aromatic carbocycles. The highest BCUT2D eigenvalue weighted by Crippen LogP contribution is 2.21. The summed E-state index contributed by atoms with van der Waals surface area (Å²) in [5, 5.41) is 2.85. The Kier molecular flexibility index (Phi) is 5.85. The summed E-state index contributed by atoms with van der Waals surface area (Å²) in [6, 6.07) is 15.8. The van der Waals surface area contributed by atoms with Crippen LogP contribution in [0.1, 0.15) is 35.9 Å². The fourth-order valence-electron chi connectivity index (χ4n) is 3.08. The molecule has 1 amide bonds. The van der Waals surface area contributed by atoms with E-state index in [1.807, 2.05) is 26.0 Å². The zero-order chi connectivity index (χ0) is 22.0. The van der Waals surface area contributed by atoms with E-state index >= 15 is 0 Å². The van der Waals surface area contributed by atoms with Crippen molar-refractivity contribution in [2.24, 2.45) is 0 Å². The van der Waals surface area contributed by atoms with Gasteiger partial charge in [0.25, 0.3) is 17.2 Å². The van der Waals surface area contributed by atoms with Gasteiger partial charge in [-0.05, 0) is 54.0 Å². The molecule has 8 nitrogen and oxygen atoms in total. The van der Waals surface area contributed by atoms with Crippen molar-refractivity contribution in [2.45, 2.75) is 26.5 Å². The van der Waals surface area contributed by atoms with E-state index in [-0.39, 0.29) is 24.1 Å². The Bertz CT molecular complexity index is 1310. The molecule has 0 aliphatic rings. The minimum absolute atomic E-state index is 0.0843. The molecule has 0 atom stereocenters. The first-order chi connectivity index (χ1) is 14.9. The van der Waals surface area contributed by atoms with E-state index in [0.717, 1.165) is 0 Å². The average Bonchev–Trinajstić information content (AvgIpc) is 3.18. The summed E-state index contributed by atoms with van der Waals surface area (Å²) >= 11 is 3.38. The molecule has 4 rings (SSSR count). The van der Waals surface area contributed by atoms with Crippen molar-refractivity contribution in [3.8, 4) is 5.75 Å². The van der Waals surface area contributed by atoms with Gasteiger partial charge in [-0.25, -0.2) is 4.98 Å². The molecule has 0 spiro atoms. The lowest BCUT2D eigenvalue weighted by Gasteiger charge is -2.10. The maximum absolute atomic E-state index is 12.5. The second-order valence-electron chi connectivity index (χ2n) is 7.17. The Morgan fingerprint density at radius 2 is 1.97 bits per heavy atom. The molecule has 0 fully saturated rings. The number of aromatic nitrogens is 4. The number of fused-ring (bicyclic) bond motifs is 1. The Labute approximate surface area is 186 Å². The number of rotatable bonds is 6. The Balaban J connectivity index is 1.48. The van der Waals surface area contributed by atoms with Crippen LogP contribution in [0.25, 0.3) is 5.78 Å². The minimum Gasteiger partial charge on any atom is -0.487 e. The summed E-state index contributed by atoms with van der Waals surface area (Å²) in [6.45, 7) is 4.03. The van der Waals surface area contributed by atoms with E-state index in [9.17, 15) is 9.59 Å². The summed E-state index contributed by atoms with van der Waals surface area (Å²) in [7, 11) is 0. The number of carbonyl (C=O) groups excluding carboxylic acids is 1. The van der Waals surface area contributed by atoms with Crippen LogP contribution in [0.3, 0.4) is 0 Å². The van der Waals surface area contributed by atoms with Crippen molar-refractivity contribution in [1.29, 1.82) is 0 Å². The van der Waals surface area contributed by atoms with Crippen LogP contribution in [0, 0.1) is 0 Å². The summed E-state index contributed by atoms with van der Waals surface area (Å²) < 4.78 is 9.68. The number of hydrogen-bond donors (Lipinski definition) is 1. The van der Waals surface area contributed by atoms with Gasteiger partial charge < -0.3 is 10.1 Å². The predicted molar refractivity (Wildman–Crippen MR) is 121 cm³/mol. The number of benzene rings is 2. The van der Waals surface area contributed by atoms with Gasteiger partial charge in [-0.2, -0.15) is 9.50 Å². The van der Waals surface area contributed by atoms with Gasteiger partial charge in [0.15, 0.2) is 0 Å². The van der Waals surface area contributed by atoms with E-state index in [1.165, 1.54) is 10.6 Å². The largest absolute Gasteiger partial charge is 0.487 e. The predicted octanol–water partition coefficient (Wildman–Crippen LogP) is 4.07. The van der Waals surface area contributed by atoms with E-state index < -0.39 is 0 Å². The molecule has 2 heterocycles. The standard InChI is InChI=1S/C22H20BrN5O3/c1-14(2)27-13-24-22-26-16(11-20(29)28(22)27)12-31-17-7-5-6-15(10-17)25-21(30)18-8-3-4-9-19(18)23/h3-11,13-14H,12H2,1-2H3,(H,25,30). The molecule has 9 heteroatoms. The smallest absolute Gasteiger partial charge is 0.274 e. The molecule has 0 saturated heterocycles. The van der Waals surface area contributed by atoms with Crippen molar-refractivity contribution < 1.29 is 9.53 Å². The van der Waals surface area contributed by atoms with Crippen molar-refractivity contribution in [3.63, 3.8) is 0 Å². The third kappa shape index (κ3) is 4.51. The van der Waals surface area contributed by atoms with Gasteiger partial charge in [0, 0.05) is 28.3 Å². The maximum atomic E-state index is 12.5. The molecule has 1 N–H and O–H groups in total. The molecular weight excluding hydrogens is 462 g/mol. The highest BCUT2D eigenvalue weighted by molar-refractivity contribution is 9.10. The van der Waals surface area contributed by atoms with Crippen molar-refractivity contribution in [2.75, 3.05) is 5.32 Å². The monoisotopic (exact) mass is 481 g/mol. The molecule has 4 aromatic rings. The fourth-order valence-corrected chi connectivity index (χ4v) is 3.54. The molecule has 2 aromatic heterocycles. The van der Waals surface area contributed by atoms with Crippen LogP contribution >= 0.6 is 15.9 Å². The number of nitrogens with zero attached hydrogens (tertiary/aromatic N) is 4. The van der Waals surface area contributed by atoms with Gasteiger partial charge in [0.05, 0.1) is 11.3 Å². The van der Waals surface area contributed by atoms with E-state index in [1.54, 1.807) is 47.4 Å². The first kappa shape index (κ1) is 20.8. The summed E-state index contributed by atoms with van der Waals surface area (Å²) in [5.41, 5.74) is 1.39. The van der Waals surface area contributed by atoms with Crippen molar-refractivity contribution in [1.82, 2.24) is 19.2 Å². The summed E-state index contributed by atoms with van der Waals surface area (Å²) in [6.07, 6.45) is 1.59. The second-order valence-corrected chi connectivity index (χ2v) is 8.02. The Morgan fingerprint density at radius 1 is 1.16 bits per heavy atom. The molecule has 158 valence electrons. The van der Waals surface area contributed by atoms with Gasteiger partial charge in [-0.1, -0.05) is 18.2 Å². The van der Waals surface area contributed by atoms with Gasteiger partial charge in [0.1, 0.15) is 18.7 Å². The normalized spacial score (nSPS) is 11.1. The Hall–Kier alpha value is -3.46. The molecule has 0 unspecified atom stereocenters. The number of nitrogens with one attached hydrogen (secondary N) is 1. The molecular formula is C22H20BrN5O3. The second kappa shape index (κ2) is 8.73. The molecule has 31 heavy (non-hydrogen) atoms. The fraction of sp³-hybridized carbons (Fsp3) is 0.182. The van der Waals surface area contributed by atoms with E-state index in [2.05, 4.69) is 31.2 Å². The molecule has 0 aliphatic heterocycles. The lowest BCUT2D eigenvalue weighted by molar-refractivity contribution is 0.102. The topological polar surface area (TPSA) is 90.5 Å². The number of ether oxygens (including phenoxy) is 1. The van der Waals surface area contributed by atoms with Gasteiger partial charge in [0.2, 0.25) is 0 Å². The SMILES string of the molecule is CC(C)n1cnc2nc(COc3cccc(NC(=O)c4ccccc4Br)c3)cc(=O)n21. The minimum atomic E-state index is -0.231. The number of halogens is 1. The van der Waals surface area contributed by atoms with Crippen LogP contribution in [0.4, 0.5) is 5.69 Å². The van der Waals surface area contributed by atoms with Gasteiger partial charge in [-0.3, -0.25) is 14.3 Å². The number of hydrogen-bond acceptors (Lipinski definition) is 5. The van der Waals surface area contributed by atoms with Gasteiger partial charge in [-0.15, -0.1) is 0 Å². The van der Waals surface area contributed by atoms with Crippen LogP contribution in [-0.4, -0.2) is 25.1 Å². The molecule has 0 bridgehead atoms. The molecule has 0 radical (unpaired) electrons. The number of anilines is 1. The summed E-state index contributed by atoms with van der Waals surface area (Å²) in [5.74, 6) is 0.638. The van der Waals surface area contributed by atoms with Gasteiger partial charge >= 0.3 is 0 Å². The zero-order valence-corrected chi connectivity index (χ0v) is 18.5. The van der Waals surface area contributed by atoms with E-state index in [0.29, 0.717) is 32.9 Å². The highest BCUT2D eigenvalue weighted by Gasteiger charge is 2.12. The third-order valence-electron chi connectivity index (χ3n) is 4.58. The first-order valence-corrected chi connectivity index (χ1v) is 10.5. The average molecular weight is 482 g/mol. The van der Waals surface area contributed by atoms with E-state index in [4.69, 9.17) is 4.74 Å². The molecule has 0 saturated carbocycles. The van der Waals surface area contributed by atoms with Crippen LogP contribution in [-0.2, 0) is 6.61 Å². The van der Waals surface area contributed by atoms with Crippen LogP contribution in [0.15, 0.2) is 70.2 Å². The van der Waals surface area contributed by atoms with Crippen molar-refractivity contribution >= 4 is 33.3 Å². The lowest BCUT2D eigenvalue weighted by atomic mass is 10.2. The third-order valence-corrected chi connectivity index (χ3v) is 5.27. The quantitative estimate of drug-likeness (QED) is 0.448. The maximum Gasteiger partial charge on any atom is 0.274 e. The van der Waals surface area contributed by atoms with Crippen LogP contribution in [0.2, 0.25) is 0 Å². The summed E-state index contributed by atoms with van der Waals surface area (Å²) in [4.78, 5) is 33.6. The number of amides is 1. The molecule has 0 aliphatic carbocycles. The van der Waals surface area contributed by atoms with Crippen molar-refractivity contribution in [3.05, 3.63) is 87.0 Å². The highest BCUT2D eigenvalue weighted by atomic mass is 79.9. The lowest BCUT2D eigenvalue weighted by Crippen LogP contribution is -2.23. The zero-order valence-electron chi connectivity index (χ0n) is 16.9. The number of carbonyl (C=O) groups is 1. The Morgan fingerprint density at radius 3 is 2.74 bits per heavy atom.